The highest BCUT2D eigenvalue weighted by molar-refractivity contribution is 6.00. The summed E-state index contributed by atoms with van der Waals surface area (Å²) in [5, 5.41) is 3.02. The lowest BCUT2D eigenvalue weighted by molar-refractivity contribution is -0.125. The van der Waals surface area contributed by atoms with Crippen molar-refractivity contribution in [1.29, 1.82) is 0 Å². The molecule has 1 aliphatic heterocycles. The van der Waals surface area contributed by atoms with Crippen LogP contribution in [0.2, 0.25) is 0 Å². The molecule has 6 heteroatoms. The molecule has 2 unspecified atom stereocenters. The van der Waals surface area contributed by atoms with E-state index in [1.807, 2.05) is 78.9 Å². The van der Waals surface area contributed by atoms with Crippen LogP contribution in [-0.2, 0) is 9.59 Å². The minimum Gasteiger partial charge on any atom is -0.497 e. The first-order valence-electron chi connectivity index (χ1n) is 10.6. The minimum absolute atomic E-state index is 0.0141. The van der Waals surface area contributed by atoms with Gasteiger partial charge in [-0.15, -0.1) is 0 Å². The van der Waals surface area contributed by atoms with Crippen LogP contribution in [0.1, 0.15) is 24.4 Å². The summed E-state index contributed by atoms with van der Waals surface area (Å²) in [6.45, 7) is 0. The molecule has 3 aromatic carbocycles. The number of carbonyl (C=O) groups is 2. The van der Waals surface area contributed by atoms with Crippen LogP contribution in [-0.4, -0.2) is 26.0 Å². The molecular formula is C26H26N2O4. The Balaban J connectivity index is 1.73. The number of rotatable bonds is 6. The monoisotopic (exact) mass is 430 g/mol. The first-order chi connectivity index (χ1) is 15.6. The summed E-state index contributed by atoms with van der Waals surface area (Å²) in [6.07, 6.45) is 0.770. The maximum atomic E-state index is 13.4. The summed E-state index contributed by atoms with van der Waals surface area (Å²) in [5.41, 5.74) is 2.34. The van der Waals surface area contributed by atoms with Crippen molar-refractivity contribution in [3.8, 4) is 11.5 Å². The van der Waals surface area contributed by atoms with Crippen molar-refractivity contribution in [3.05, 3.63) is 84.4 Å². The van der Waals surface area contributed by atoms with Gasteiger partial charge in [0.25, 0.3) is 0 Å². The predicted molar refractivity (Wildman–Crippen MR) is 124 cm³/mol. The zero-order valence-electron chi connectivity index (χ0n) is 18.2. The number of methoxy groups -OCH3 is 2. The summed E-state index contributed by atoms with van der Waals surface area (Å²) < 4.78 is 10.6. The van der Waals surface area contributed by atoms with Crippen LogP contribution in [0.3, 0.4) is 0 Å². The third-order valence-corrected chi connectivity index (χ3v) is 5.78. The number of amides is 2. The molecule has 0 spiro atoms. The van der Waals surface area contributed by atoms with Crippen molar-refractivity contribution in [2.24, 2.45) is 5.92 Å². The smallest absolute Gasteiger partial charge is 0.229 e. The van der Waals surface area contributed by atoms with E-state index in [4.69, 9.17) is 9.47 Å². The Labute approximate surface area is 187 Å². The second kappa shape index (κ2) is 9.56. The van der Waals surface area contributed by atoms with Crippen molar-refractivity contribution >= 4 is 23.2 Å². The lowest BCUT2D eigenvalue weighted by Gasteiger charge is -2.41. The van der Waals surface area contributed by atoms with Crippen LogP contribution < -0.4 is 19.7 Å². The van der Waals surface area contributed by atoms with Gasteiger partial charge < -0.3 is 19.7 Å². The molecular weight excluding hydrogens is 404 g/mol. The Bertz CT molecular complexity index is 1070. The Morgan fingerprint density at radius 3 is 2.06 bits per heavy atom. The molecule has 32 heavy (non-hydrogen) atoms. The number of anilines is 2. The quantitative estimate of drug-likeness (QED) is 0.608. The lowest BCUT2D eigenvalue weighted by Crippen LogP contribution is -2.46. The number of ether oxygens (including phenoxy) is 2. The second-order valence-electron chi connectivity index (χ2n) is 7.68. The number of hydrogen-bond donors (Lipinski definition) is 1. The van der Waals surface area contributed by atoms with Crippen LogP contribution in [0.15, 0.2) is 78.9 Å². The third-order valence-electron chi connectivity index (χ3n) is 5.78. The van der Waals surface area contributed by atoms with E-state index < -0.39 is 12.0 Å². The molecule has 1 heterocycles. The SMILES string of the molecule is COc1ccc(C2C(C(=O)Nc3ccccc3)CCC(=O)N2c2ccc(OC)cc2)cc1. The van der Waals surface area contributed by atoms with Gasteiger partial charge in [0.15, 0.2) is 0 Å². The van der Waals surface area contributed by atoms with E-state index >= 15 is 0 Å². The van der Waals surface area contributed by atoms with Gasteiger partial charge in [0.1, 0.15) is 11.5 Å². The molecule has 4 rings (SSSR count). The van der Waals surface area contributed by atoms with E-state index in [9.17, 15) is 9.59 Å². The molecule has 0 aromatic heterocycles. The highest BCUT2D eigenvalue weighted by Crippen LogP contribution is 2.41. The van der Waals surface area contributed by atoms with Gasteiger partial charge in [-0.05, 0) is 60.5 Å². The number of nitrogens with one attached hydrogen (secondary N) is 1. The number of benzene rings is 3. The largest absolute Gasteiger partial charge is 0.497 e. The van der Waals surface area contributed by atoms with Crippen LogP contribution >= 0.6 is 0 Å². The molecule has 2 amide bonds. The number of nitrogens with zero attached hydrogens (tertiary/aromatic N) is 1. The van der Waals surface area contributed by atoms with Crippen LogP contribution in [0, 0.1) is 5.92 Å². The summed E-state index contributed by atoms with van der Waals surface area (Å²) in [4.78, 5) is 28.2. The topological polar surface area (TPSA) is 67.9 Å². The molecule has 1 aliphatic rings. The fraction of sp³-hybridized carbons (Fsp3) is 0.231. The molecule has 3 aromatic rings. The summed E-state index contributed by atoms with van der Waals surface area (Å²) >= 11 is 0. The highest BCUT2D eigenvalue weighted by atomic mass is 16.5. The molecule has 1 saturated heterocycles. The normalized spacial score (nSPS) is 18.2. The average Bonchev–Trinajstić information content (AvgIpc) is 2.84. The maximum Gasteiger partial charge on any atom is 0.229 e. The van der Waals surface area contributed by atoms with Gasteiger partial charge in [0, 0.05) is 17.8 Å². The summed E-state index contributed by atoms with van der Waals surface area (Å²) in [5.74, 6) is 0.890. The molecule has 164 valence electrons. The van der Waals surface area contributed by atoms with Crippen LogP contribution in [0.5, 0.6) is 11.5 Å². The van der Waals surface area contributed by atoms with E-state index in [1.165, 1.54) is 0 Å². The number of hydrogen-bond acceptors (Lipinski definition) is 4. The zero-order chi connectivity index (χ0) is 22.5. The number of piperidine rings is 1. The Morgan fingerprint density at radius 1 is 0.875 bits per heavy atom. The number of para-hydroxylation sites is 1. The number of carbonyl (C=O) groups excluding carboxylic acids is 2. The van der Waals surface area contributed by atoms with Gasteiger partial charge in [-0.1, -0.05) is 30.3 Å². The molecule has 1 fully saturated rings. The minimum atomic E-state index is -0.445. The van der Waals surface area contributed by atoms with E-state index in [2.05, 4.69) is 5.32 Å². The maximum absolute atomic E-state index is 13.4. The Morgan fingerprint density at radius 2 is 1.47 bits per heavy atom. The third kappa shape index (κ3) is 4.44. The molecule has 0 bridgehead atoms. The molecule has 1 N–H and O–H groups in total. The fourth-order valence-electron chi connectivity index (χ4n) is 4.15. The first-order valence-corrected chi connectivity index (χ1v) is 10.6. The zero-order valence-corrected chi connectivity index (χ0v) is 18.2. The van der Waals surface area contributed by atoms with E-state index in [-0.39, 0.29) is 11.8 Å². The van der Waals surface area contributed by atoms with Crippen LogP contribution in [0.4, 0.5) is 11.4 Å². The molecule has 6 nitrogen and oxygen atoms in total. The summed E-state index contributed by atoms with van der Waals surface area (Å²) in [7, 11) is 3.21. The van der Waals surface area contributed by atoms with Crippen molar-refractivity contribution in [2.45, 2.75) is 18.9 Å². The van der Waals surface area contributed by atoms with Crippen LogP contribution in [0.25, 0.3) is 0 Å². The van der Waals surface area contributed by atoms with Gasteiger partial charge >= 0.3 is 0 Å². The van der Waals surface area contributed by atoms with Crippen molar-refractivity contribution < 1.29 is 19.1 Å². The van der Waals surface area contributed by atoms with Crippen molar-refractivity contribution in [3.63, 3.8) is 0 Å². The standard InChI is InChI=1S/C26H26N2O4/c1-31-21-12-8-18(9-13-21)25-23(26(30)27-19-6-4-3-5-7-19)16-17-24(29)28(25)20-10-14-22(32-2)15-11-20/h3-15,23,25H,16-17H2,1-2H3,(H,27,30). The van der Waals surface area contributed by atoms with Gasteiger partial charge in [0.2, 0.25) is 11.8 Å². The molecule has 0 aliphatic carbocycles. The molecule has 0 saturated carbocycles. The first kappa shape index (κ1) is 21.4. The van der Waals surface area contributed by atoms with E-state index in [0.29, 0.717) is 18.6 Å². The lowest BCUT2D eigenvalue weighted by atomic mass is 9.83. The molecule has 2 atom stereocenters. The summed E-state index contributed by atoms with van der Waals surface area (Å²) in [6, 6.07) is 23.8. The average molecular weight is 431 g/mol. The van der Waals surface area contributed by atoms with Crippen molar-refractivity contribution in [1.82, 2.24) is 0 Å². The fourth-order valence-corrected chi connectivity index (χ4v) is 4.15. The van der Waals surface area contributed by atoms with Gasteiger partial charge in [-0.3, -0.25) is 9.59 Å². The van der Waals surface area contributed by atoms with Crippen molar-refractivity contribution in [2.75, 3.05) is 24.4 Å². The van der Waals surface area contributed by atoms with E-state index in [0.717, 1.165) is 22.7 Å². The van der Waals surface area contributed by atoms with Gasteiger partial charge in [0.05, 0.1) is 26.2 Å². The van der Waals surface area contributed by atoms with Gasteiger partial charge in [-0.2, -0.15) is 0 Å². The Kier molecular flexibility index (Phi) is 6.40. The predicted octanol–water partition coefficient (Wildman–Crippen LogP) is 4.83. The molecule has 0 radical (unpaired) electrons. The van der Waals surface area contributed by atoms with E-state index in [1.54, 1.807) is 19.1 Å². The highest BCUT2D eigenvalue weighted by Gasteiger charge is 2.41. The van der Waals surface area contributed by atoms with Gasteiger partial charge in [-0.25, -0.2) is 0 Å². The second-order valence-corrected chi connectivity index (χ2v) is 7.68. The Hall–Kier alpha value is -3.80.